The van der Waals surface area contributed by atoms with Crippen LogP contribution in [0.3, 0.4) is 0 Å². The Hall–Kier alpha value is -5.35. The summed E-state index contributed by atoms with van der Waals surface area (Å²) in [4.78, 5) is 58.3. The monoisotopic (exact) mass is 1340 g/mol. The molecular formula is C75H118O16P2. The molecule has 0 bridgehead atoms. The van der Waals surface area contributed by atoms with Crippen molar-refractivity contribution in [2.24, 2.45) is 0 Å². The van der Waals surface area contributed by atoms with Crippen LogP contribution >= 0.6 is 15.6 Å². The van der Waals surface area contributed by atoms with Gasteiger partial charge in [0.05, 0.1) is 26.4 Å². The molecule has 0 heterocycles. The van der Waals surface area contributed by atoms with Crippen LogP contribution in [0.5, 0.6) is 0 Å². The summed E-state index contributed by atoms with van der Waals surface area (Å²) in [7, 11) is -9.83. The molecule has 4 N–H and O–H groups in total. The first-order valence-corrected chi connectivity index (χ1v) is 37.1. The Kier molecular flexibility index (Phi) is 62.8. The van der Waals surface area contributed by atoms with Crippen molar-refractivity contribution in [2.45, 2.75) is 232 Å². The van der Waals surface area contributed by atoms with Gasteiger partial charge in [-0.3, -0.25) is 32.5 Å². The molecule has 0 spiro atoms. The van der Waals surface area contributed by atoms with Gasteiger partial charge >= 0.3 is 33.6 Å². The molecule has 0 aliphatic rings. The molecule has 0 saturated carbocycles. The lowest BCUT2D eigenvalue weighted by Crippen LogP contribution is -2.30. The Morgan fingerprint density at radius 3 is 0.914 bits per heavy atom. The molecular weight excluding hydrogens is 1220 g/mol. The van der Waals surface area contributed by atoms with Gasteiger partial charge < -0.3 is 34.2 Å². The molecule has 0 saturated heterocycles. The minimum absolute atomic E-state index is 0.0331. The molecule has 0 radical (unpaired) electrons. The number of carbonyl (C=O) groups is 3. The quantitative estimate of drug-likeness (QED) is 0.0146. The van der Waals surface area contributed by atoms with Crippen molar-refractivity contribution in [3.05, 3.63) is 182 Å². The van der Waals surface area contributed by atoms with Crippen LogP contribution in [0.2, 0.25) is 0 Å². The summed E-state index contributed by atoms with van der Waals surface area (Å²) in [5.41, 5.74) is 0. The maximum absolute atomic E-state index is 12.9. The van der Waals surface area contributed by atoms with E-state index in [9.17, 15) is 43.5 Å². The van der Waals surface area contributed by atoms with Crippen LogP contribution in [0.4, 0.5) is 0 Å². The number of esters is 3. The summed E-state index contributed by atoms with van der Waals surface area (Å²) in [6.45, 7) is 2.14. The van der Waals surface area contributed by atoms with Crippen LogP contribution in [0.15, 0.2) is 182 Å². The number of phosphoric acid groups is 2. The Labute approximate surface area is 560 Å². The summed E-state index contributed by atoms with van der Waals surface area (Å²) in [5, 5.41) is 20.5. The normalized spacial score (nSPS) is 15.3. The van der Waals surface area contributed by atoms with Gasteiger partial charge in [-0.15, -0.1) is 0 Å². The molecule has 0 fully saturated rings. The number of hydrogen-bond acceptors (Lipinski definition) is 14. The van der Waals surface area contributed by atoms with Crippen molar-refractivity contribution in [1.29, 1.82) is 0 Å². The Bertz CT molecular complexity index is 2420. The van der Waals surface area contributed by atoms with Gasteiger partial charge in [0.25, 0.3) is 0 Å². The molecule has 524 valence electrons. The molecule has 0 aliphatic carbocycles. The average molecular weight is 1340 g/mol. The summed E-state index contributed by atoms with van der Waals surface area (Å²) in [5.74, 6) is -1.74. The van der Waals surface area contributed by atoms with Crippen LogP contribution < -0.4 is 0 Å². The highest BCUT2D eigenvalue weighted by Gasteiger charge is 2.29. The molecule has 16 nitrogen and oxygen atoms in total. The van der Waals surface area contributed by atoms with Crippen molar-refractivity contribution >= 4 is 33.6 Å². The largest absolute Gasteiger partial charge is 0.472 e. The topological polar surface area (TPSA) is 231 Å². The van der Waals surface area contributed by atoms with E-state index in [-0.39, 0.29) is 19.3 Å². The molecule has 0 aromatic rings. The molecule has 0 aromatic heterocycles. The molecule has 0 aromatic carbocycles. The number of aliphatic hydroxyl groups is 2. The number of unbranched alkanes of at least 4 members (excludes halogenated alkanes) is 9. The second kappa shape index (κ2) is 66.7. The fraction of sp³-hybridized carbons (Fsp3) is 0.560. The fourth-order valence-electron chi connectivity index (χ4n) is 8.02. The second-order valence-corrected chi connectivity index (χ2v) is 24.7. The Morgan fingerprint density at radius 1 is 0.301 bits per heavy atom. The maximum Gasteiger partial charge on any atom is 0.472 e. The van der Waals surface area contributed by atoms with E-state index in [1.807, 2.05) is 18.2 Å². The standard InChI is InChI=1S/C75H118O16P2/c1-4-7-10-13-16-19-22-25-28-30-32-33-34-35-37-39-41-43-46-49-52-55-58-61-73(78)85-64-70(76)65-87-92(81,82)88-66-71(77)67-89-93(83,84)90-69-72(91-75(80)63-60-57-54-51-48-45-40-27-24-21-18-15-12-9-6-3)68-86-74(79)62-59-56-53-50-47-44-42-38-36-31-29-26-23-20-17-14-11-8-5-2/h7-12,16-21,25-29,32-33,35-38,40-41,43-44,47,53,56,70-72,76-77H,4-6,13-15,22-24,30-31,34,39,42,45-46,48-52,54-55,57-69H2,1-3H3,(H,81,82)(H,83,84)/b10-7-,11-8-,12-9-,19-16-,20-17-,21-18-,28-25-,29-26-,33-32-,37-35-,38-36-,40-27-,43-41-,47-44-,56-53-. The predicted molar refractivity (Wildman–Crippen MR) is 380 cm³/mol. The zero-order valence-electron chi connectivity index (χ0n) is 56.6. The SMILES string of the molecule is CC/C=C\C/C=C\C/C=C\C/C=C\C/C=C\C/C=C\CCCCCCC(=O)OCC(O)COP(=O)(O)OCC(O)COP(=O)(O)OCC(COC(=O)CC/C=C\C/C=C\C/C=C\C/C=C\C/C=C\C/C=C\CC)OC(=O)CCCCCCC/C=C\C/C=C\C/C=C\CC. The maximum atomic E-state index is 12.9. The fourth-order valence-corrected chi connectivity index (χ4v) is 9.61. The summed E-state index contributed by atoms with van der Waals surface area (Å²) in [6.07, 6.45) is 83.9. The van der Waals surface area contributed by atoms with E-state index < -0.39 is 91.5 Å². The van der Waals surface area contributed by atoms with Crippen LogP contribution in [0, 0.1) is 0 Å². The number of ether oxygens (including phenoxy) is 3. The van der Waals surface area contributed by atoms with Gasteiger partial charge in [0, 0.05) is 19.3 Å². The lowest BCUT2D eigenvalue weighted by molar-refractivity contribution is -0.161. The van der Waals surface area contributed by atoms with E-state index in [4.69, 9.17) is 32.3 Å². The van der Waals surface area contributed by atoms with Crippen molar-refractivity contribution in [3.63, 3.8) is 0 Å². The molecule has 5 unspecified atom stereocenters. The summed E-state index contributed by atoms with van der Waals surface area (Å²) >= 11 is 0. The molecule has 0 aliphatic heterocycles. The van der Waals surface area contributed by atoms with Crippen molar-refractivity contribution in [1.82, 2.24) is 0 Å². The number of allylic oxidation sites excluding steroid dienone is 30. The lowest BCUT2D eigenvalue weighted by atomic mass is 10.1. The number of aliphatic hydroxyl groups excluding tert-OH is 2. The average Bonchev–Trinajstić information content (AvgIpc) is 3.74. The highest BCUT2D eigenvalue weighted by atomic mass is 31.2. The van der Waals surface area contributed by atoms with E-state index in [0.717, 1.165) is 148 Å². The third kappa shape index (κ3) is 67.9. The van der Waals surface area contributed by atoms with Crippen molar-refractivity contribution < 1.29 is 75.8 Å². The van der Waals surface area contributed by atoms with Gasteiger partial charge in [-0.1, -0.05) is 235 Å². The predicted octanol–water partition coefficient (Wildman–Crippen LogP) is 19.1. The highest BCUT2D eigenvalue weighted by molar-refractivity contribution is 7.47. The summed E-state index contributed by atoms with van der Waals surface area (Å²) in [6, 6.07) is 0. The molecule has 5 atom stereocenters. The first-order valence-electron chi connectivity index (χ1n) is 34.1. The number of hydrogen-bond donors (Lipinski definition) is 4. The van der Waals surface area contributed by atoms with Crippen LogP contribution in [-0.2, 0) is 55.8 Å². The third-order valence-electron chi connectivity index (χ3n) is 13.1. The zero-order valence-corrected chi connectivity index (χ0v) is 58.4. The Morgan fingerprint density at radius 2 is 0.559 bits per heavy atom. The number of phosphoric ester groups is 2. The Balaban J connectivity index is 4.77. The smallest absolute Gasteiger partial charge is 0.463 e. The first-order chi connectivity index (χ1) is 45.2. The van der Waals surface area contributed by atoms with Crippen LogP contribution in [-0.4, -0.2) is 95.9 Å². The molecule has 0 rings (SSSR count). The number of rotatable bonds is 62. The van der Waals surface area contributed by atoms with Crippen molar-refractivity contribution in [3.8, 4) is 0 Å². The van der Waals surface area contributed by atoms with Crippen LogP contribution in [0.1, 0.15) is 213 Å². The third-order valence-corrected chi connectivity index (χ3v) is 15.0. The van der Waals surface area contributed by atoms with Gasteiger partial charge in [0.15, 0.2) is 6.10 Å². The van der Waals surface area contributed by atoms with E-state index in [0.29, 0.717) is 25.7 Å². The van der Waals surface area contributed by atoms with E-state index in [1.54, 1.807) is 0 Å². The van der Waals surface area contributed by atoms with E-state index >= 15 is 0 Å². The number of carbonyl (C=O) groups excluding carboxylic acids is 3. The van der Waals surface area contributed by atoms with Gasteiger partial charge in [-0.25, -0.2) is 9.13 Å². The minimum atomic E-state index is -4.96. The first kappa shape index (κ1) is 87.7. The summed E-state index contributed by atoms with van der Waals surface area (Å²) < 4.78 is 60.8. The highest BCUT2D eigenvalue weighted by Crippen LogP contribution is 2.45. The van der Waals surface area contributed by atoms with Gasteiger partial charge in [-0.05, 0) is 141 Å². The molecule has 93 heavy (non-hydrogen) atoms. The van der Waals surface area contributed by atoms with E-state index in [1.165, 1.54) is 0 Å². The molecule has 0 amide bonds. The van der Waals surface area contributed by atoms with Gasteiger partial charge in [0.1, 0.15) is 25.4 Å². The van der Waals surface area contributed by atoms with Crippen LogP contribution in [0.25, 0.3) is 0 Å². The van der Waals surface area contributed by atoms with Crippen molar-refractivity contribution in [2.75, 3.05) is 39.6 Å². The second-order valence-electron chi connectivity index (χ2n) is 21.8. The lowest BCUT2D eigenvalue weighted by Gasteiger charge is -2.21. The molecule has 18 heteroatoms. The van der Waals surface area contributed by atoms with E-state index in [2.05, 4.69) is 185 Å². The van der Waals surface area contributed by atoms with Gasteiger partial charge in [-0.2, -0.15) is 0 Å². The van der Waals surface area contributed by atoms with Gasteiger partial charge in [0.2, 0.25) is 0 Å². The zero-order chi connectivity index (χ0) is 68.1. The minimum Gasteiger partial charge on any atom is -0.463 e.